The van der Waals surface area contributed by atoms with Crippen LogP contribution in [-0.4, -0.2) is 15.9 Å². The van der Waals surface area contributed by atoms with Crippen molar-refractivity contribution in [1.82, 2.24) is 0 Å². The zero-order valence-corrected chi connectivity index (χ0v) is 12.2. The van der Waals surface area contributed by atoms with Crippen molar-refractivity contribution in [3.05, 3.63) is 65.7 Å². The number of anilines is 1. The van der Waals surface area contributed by atoms with Crippen LogP contribution >= 0.6 is 0 Å². The molecule has 1 amide bonds. The van der Waals surface area contributed by atoms with Gasteiger partial charge in [-0.05, 0) is 24.6 Å². The fraction of sp³-hybridized carbons (Fsp3) is 0.188. The molecule has 1 atom stereocenters. The van der Waals surface area contributed by atoms with E-state index >= 15 is 0 Å². The monoisotopic (exact) mass is 287 g/mol. The second kappa shape index (κ2) is 7.01. The van der Waals surface area contributed by atoms with E-state index in [-0.39, 0.29) is 11.7 Å². The number of carbonyl (C=O) groups is 1. The van der Waals surface area contributed by atoms with E-state index in [1.54, 1.807) is 0 Å². The van der Waals surface area contributed by atoms with Gasteiger partial charge in [0.15, 0.2) is 0 Å². The van der Waals surface area contributed by atoms with Crippen molar-refractivity contribution in [1.29, 1.82) is 0 Å². The molecular weight excluding hydrogens is 270 g/mol. The molecule has 0 aliphatic carbocycles. The lowest BCUT2D eigenvalue weighted by Crippen LogP contribution is -2.20. The molecule has 0 heterocycles. The summed E-state index contributed by atoms with van der Waals surface area (Å²) in [6, 6.07) is 17.1. The summed E-state index contributed by atoms with van der Waals surface area (Å²) in [5, 5.41) is 2.75. The summed E-state index contributed by atoms with van der Waals surface area (Å²) in [5.41, 5.74) is 2.85. The van der Waals surface area contributed by atoms with Gasteiger partial charge in [0.2, 0.25) is 5.91 Å². The van der Waals surface area contributed by atoms with Gasteiger partial charge in [0.1, 0.15) is 5.75 Å². The Hall–Kier alpha value is -1.94. The van der Waals surface area contributed by atoms with Gasteiger partial charge in [-0.1, -0.05) is 48.0 Å². The Morgan fingerprint density at radius 2 is 1.70 bits per heavy atom. The van der Waals surface area contributed by atoms with Crippen LogP contribution in [0.2, 0.25) is 0 Å². The number of benzene rings is 2. The molecule has 0 spiro atoms. The van der Waals surface area contributed by atoms with Gasteiger partial charge in [0.05, 0.1) is 0 Å². The normalized spacial score (nSPS) is 11.8. The van der Waals surface area contributed by atoms with Gasteiger partial charge in [-0.2, -0.15) is 0 Å². The second-order valence-electron chi connectivity index (χ2n) is 4.63. The van der Waals surface area contributed by atoms with E-state index in [0.717, 1.165) is 16.8 Å². The first-order valence-electron chi connectivity index (χ1n) is 6.39. The molecule has 104 valence electrons. The molecule has 0 bridgehead atoms. The van der Waals surface area contributed by atoms with Crippen LogP contribution in [0.4, 0.5) is 5.69 Å². The Balaban J connectivity index is 1.85. The van der Waals surface area contributed by atoms with Gasteiger partial charge in [0.25, 0.3) is 0 Å². The van der Waals surface area contributed by atoms with Gasteiger partial charge < -0.3 is 5.32 Å². The van der Waals surface area contributed by atoms with Crippen molar-refractivity contribution < 1.29 is 9.00 Å². The molecule has 0 saturated heterocycles. The number of hydrogen-bond acceptors (Lipinski definition) is 2. The molecule has 3 nitrogen and oxygen atoms in total. The van der Waals surface area contributed by atoms with Crippen LogP contribution in [0.5, 0.6) is 0 Å². The first-order valence-corrected chi connectivity index (χ1v) is 7.88. The summed E-state index contributed by atoms with van der Waals surface area (Å²) in [4.78, 5) is 11.8. The molecule has 0 saturated carbocycles. The minimum atomic E-state index is -1.19. The highest BCUT2D eigenvalue weighted by molar-refractivity contribution is 7.84. The van der Waals surface area contributed by atoms with Crippen LogP contribution in [0.25, 0.3) is 0 Å². The maximum atomic E-state index is 11.9. The van der Waals surface area contributed by atoms with Crippen molar-refractivity contribution in [2.24, 2.45) is 0 Å². The summed E-state index contributed by atoms with van der Waals surface area (Å²) in [6.45, 7) is 1.99. The van der Waals surface area contributed by atoms with Crippen molar-refractivity contribution in [3.63, 3.8) is 0 Å². The maximum Gasteiger partial charge on any atom is 0.237 e. The van der Waals surface area contributed by atoms with E-state index in [0.29, 0.717) is 5.75 Å². The number of aryl methyl sites for hydroxylation is 1. The molecule has 1 unspecified atom stereocenters. The van der Waals surface area contributed by atoms with E-state index in [2.05, 4.69) is 5.32 Å². The third-order valence-corrected chi connectivity index (χ3v) is 4.04. The van der Waals surface area contributed by atoms with Crippen LogP contribution in [0.15, 0.2) is 54.6 Å². The lowest BCUT2D eigenvalue weighted by Gasteiger charge is -2.06. The summed E-state index contributed by atoms with van der Waals surface area (Å²) < 4.78 is 11.9. The average molecular weight is 287 g/mol. The molecule has 20 heavy (non-hydrogen) atoms. The van der Waals surface area contributed by atoms with Crippen LogP contribution in [0, 0.1) is 6.92 Å². The first kappa shape index (κ1) is 14.5. The Labute approximate surface area is 121 Å². The summed E-state index contributed by atoms with van der Waals surface area (Å²) >= 11 is 0. The van der Waals surface area contributed by atoms with Crippen LogP contribution in [0.1, 0.15) is 11.1 Å². The third-order valence-electron chi connectivity index (χ3n) is 2.80. The fourth-order valence-electron chi connectivity index (χ4n) is 1.79. The fourth-order valence-corrected chi connectivity index (χ4v) is 2.82. The minimum absolute atomic E-state index is 0.0166. The van der Waals surface area contributed by atoms with Crippen molar-refractivity contribution >= 4 is 22.4 Å². The smallest absolute Gasteiger partial charge is 0.237 e. The number of hydrogen-bond donors (Lipinski definition) is 1. The van der Waals surface area contributed by atoms with E-state index in [4.69, 9.17) is 0 Å². The van der Waals surface area contributed by atoms with E-state index in [9.17, 15) is 9.00 Å². The summed E-state index contributed by atoms with van der Waals surface area (Å²) in [6.07, 6.45) is 0. The molecule has 1 N–H and O–H groups in total. The zero-order chi connectivity index (χ0) is 14.4. The van der Waals surface area contributed by atoms with Gasteiger partial charge in [-0.3, -0.25) is 9.00 Å². The average Bonchev–Trinajstić information content (AvgIpc) is 2.42. The van der Waals surface area contributed by atoms with E-state index in [1.807, 2.05) is 61.5 Å². The molecule has 4 heteroatoms. The predicted octanol–water partition coefficient (Wildman–Crippen LogP) is 2.88. The van der Waals surface area contributed by atoms with E-state index < -0.39 is 10.8 Å². The van der Waals surface area contributed by atoms with Gasteiger partial charge in [-0.15, -0.1) is 0 Å². The highest BCUT2D eigenvalue weighted by atomic mass is 32.2. The maximum absolute atomic E-state index is 11.9. The number of carbonyl (C=O) groups excluding carboxylic acids is 1. The Morgan fingerprint density at radius 3 is 2.35 bits per heavy atom. The van der Waals surface area contributed by atoms with E-state index in [1.165, 1.54) is 0 Å². The lowest BCUT2D eigenvalue weighted by atomic mass is 10.2. The van der Waals surface area contributed by atoms with Crippen LogP contribution in [0.3, 0.4) is 0 Å². The highest BCUT2D eigenvalue weighted by Crippen LogP contribution is 2.09. The molecule has 2 aromatic carbocycles. The summed E-state index contributed by atoms with van der Waals surface area (Å²) in [5.74, 6) is 0.202. The number of nitrogens with one attached hydrogen (secondary N) is 1. The molecule has 2 aromatic rings. The molecule has 0 aromatic heterocycles. The highest BCUT2D eigenvalue weighted by Gasteiger charge is 2.09. The third kappa shape index (κ3) is 4.63. The molecule has 0 radical (unpaired) electrons. The quantitative estimate of drug-likeness (QED) is 0.919. The molecule has 0 aliphatic heterocycles. The van der Waals surface area contributed by atoms with Gasteiger partial charge in [-0.25, -0.2) is 0 Å². The Bertz CT molecular complexity index is 594. The van der Waals surface area contributed by atoms with Crippen molar-refractivity contribution in [2.45, 2.75) is 12.7 Å². The van der Waals surface area contributed by atoms with Gasteiger partial charge >= 0.3 is 0 Å². The summed E-state index contributed by atoms with van der Waals surface area (Å²) in [7, 11) is -1.19. The molecule has 0 aliphatic rings. The van der Waals surface area contributed by atoms with Crippen molar-refractivity contribution in [3.8, 4) is 0 Å². The number of amides is 1. The molecule has 0 fully saturated rings. The van der Waals surface area contributed by atoms with Gasteiger partial charge in [0, 0.05) is 22.2 Å². The SMILES string of the molecule is Cc1ccc(NC(=O)CS(=O)Cc2ccccc2)cc1. The Kier molecular flexibility index (Phi) is 5.07. The second-order valence-corrected chi connectivity index (χ2v) is 6.09. The zero-order valence-electron chi connectivity index (χ0n) is 11.3. The minimum Gasteiger partial charge on any atom is -0.325 e. The van der Waals surface area contributed by atoms with Crippen molar-refractivity contribution in [2.75, 3.05) is 11.1 Å². The first-order chi connectivity index (χ1) is 9.63. The Morgan fingerprint density at radius 1 is 1.05 bits per heavy atom. The predicted molar refractivity (Wildman–Crippen MR) is 83.0 cm³/mol. The topological polar surface area (TPSA) is 46.2 Å². The molecule has 2 rings (SSSR count). The standard InChI is InChI=1S/C16H17NO2S/c1-13-7-9-15(10-8-13)17-16(18)12-20(19)11-14-5-3-2-4-6-14/h2-10H,11-12H2,1H3,(H,17,18). The molecular formula is C16H17NO2S. The largest absolute Gasteiger partial charge is 0.325 e. The number of rotatable bonds is 5. The van der Waals surface area contributed by atoms with Crippen LogP contribution in [-0.2, 0) is 21.3 Å². The lowest BCUT2D eigenvalue weighted by molar-refractivity contribution is -0.113. The van der Waals surface area contributed by atoms with Crippen LogP contribution < -0.4 is 5.32 Å².